The number of halogens is 3. The maximum absolute atomic E-state index is 15.4. The summed E-state index contributed by atoms with van der Waals surface area (Å²) in [5, 5.41) is 9.26. The number of carboxylic acid groups (broad SMARTS) is 1. The summed E-state index contributed by atoms with van der Waals surface area (Å²) in [6, 6.07) is 3.64. The average Bonchev–Trinajstić information content (AvgIpc) is 3.24. The molecule has 0 amide bonds. The highest BCUT2D eigenvalue weighted by Crippen LogP contribution is 2.37. The highest BCUT2D eigenvalue weighted by atomic mass is 19.1. The van der Waals surface area contributed by atoms with Gasteiger partial charge < -0.3 is 20.3 Å². The molecule has 3 N–H and O–H groups in total. The fourth-order valence-electron chi connectivity index (χ4n) is 4.43. The Hall–Kier alpha value is -3.59. The van der Waals surface area contributed by atoms with E-state index in [4.69, 9.17) is 5.73 Å². The topological polar surface area (TPSA) is 88.6 Å². The van der Waals surface area contributed by atoms with Crippen LogP contribution in [0.2, 0.25) is 0 Å². The molecule has 0 spiro atoms. The van der Waals surface area contributed by atoms with Crippen LogP contribution in [0, 0.1) is 23.4 Å². The first-order chi connectivity index (χ1) is 15.6. The summed E-state index contributed by atoms with van der Waals surface area (Å²) in [5.41, 5.74) is 4.67. The zero-order valence-electron chi connectivity index (χ0n) is 17.8. The molecule has 1 fully saturated rings. The number of aromatic carboxylic acids is 1. The Morgan fingerprint density at radius 2 is 2.00 bits per heavy atom. The van der Waals surface area contributed by atoms with Gasteiger partial charge in [0.15, 0.2) is 0 Å². The van der Waals surface area contributed by atoms with Crippen molar-refractivity contribution >= 4 is 28.6 Å². The highest BCUT2D eigenvalue weighted by Gasteiger charge is 2.30. The number of nitrogens with two attached hydrogens (primary N) is 1. The van der Waals surface area contributed by atoms with Crippen LogP contribution in [0.1, 0.15) is 29.3 Å². The third-order valence-corrected chi connectivity index (χ3v) is 6.14. The molecule has 1 aliphatic heterocycles. The van der Waals surface area contributed by atoms with Crippen molar-refractivity contribution in [2.24, 2.45) is 11.7 Å². The zero-order valence-corrected chi connectivity index (χ0v) is 17.8. The standard InChI is InChI=1S/C24H22F3N3O3/c1-3-15-21-16(9-19(27)22(15)29-7-6-13(10-29)12(2)28)23(31)17(24(32)33)11-30(21)20-5-4-14(25)8-18(20)26/h3-5,8-9,11-13H,1,6-7,10,28H2,2H3,(H,32,33). The molecule has 2 aromatic carbocycles. The number of nitrogens with zero attached hydrogens (tertiary/aromatic N) is 2. The Kier molecular flexibility index (Phi) is 5.75. The fourth-order valence-corrected chi connectivity index (χ4v) is 4.43. The molecule has 0 aliphatic carbocycles. The Morgan fingerprint density at radius 3 is 2.58 bits per heavy atom. The number of rotatable bonds is 5. The maximum atomic E-state index is 15.4. The highest BCUT2D eigenvalue weighted by molar-refractivity contribution is 5.99. The molecule has 9 heteroatoms. The monoisotopic (exact) mass is 457 g/mol. The molecule has 0 radical (unpaired) electrons. The first kappa shape index (κ1) is 22.6. The molecule has 2 atom stereocenters. The Labute approximate surface area is 187 Å². The lowest BCUT2D eigenvalue weighted by molar-refractivity contribution is 0.0695. The molecule has 4 rings (SSSR count). The van der Waals surface area contributed by atoms with E-state index in [1.165, 1.54) is 6.08 Å². The van der Waals surface area contributed by atoms with Gasteiger partial charge in [0.1, 0.15) is 23.0 Å². The minimum atomic E-state index is -1.55. The van der Waals surface area contributed by atoms with Gasteiger partial charge in [-0.1, -0.05) is 12.7 Å². The van der Waals surface area contributed by atoms with E-state index in [0.29, 0.717) is 19.2 Å². The summed E-state index contributed by atoms with van der Waals surface area (Å²) in [5.74, 6) is -3.95. The molecule has 33 heavy (non-hydrogen) atoms. The lowest BCUT2D eigenvalue weighted by Gasteiger charge is -2.25. The second kappa shape index (κ2) is 8.40. The van der Waals surface area contributed by atoms with Gasteiger partial charge in [0.25, 0.3) is 0 Å². The molecule has 0 saturated carbocycles. The van der Waals surface area contributed by atoms with Crippen molar-refractivity contribution in [3.8, 4) is 5.69 Å². The largest absolute Gasteiger partial charge is 0.477 e. The van der Waals surface area contributed by atoms with Crippen molar-refractivity contribution in [2.45, 2.75) is 19.4 Å². The van der Waals surface area contributed by atoms with Gasteiger partial charge in [0.2, 0.25) is 5.43 Å². The first-order valence-electron chi connectivity index (χ1n) is 10.4. The van der Waals surface area contributed by atoms with E-state index >= 15 is 4.39 Å². The van der Waals surface area contributed by atoms with Crippen LogP contribution < -0.4 is 16.1 Å². The molecule has 0 bridgehead atoms. The van der Waals surface area contributed by atoms with E-state index in [0.717, 1.165) is 35.4 Å². The van der Waals surface area contributed by atoms with Gasteiger partial charge in [-0.3, -0.25) is 4.79 Å². The molecule has 172 valence electrons. The quantitative estimate of drug-likeness (QED) is 0.606. The van der Waals surface area contributed by atoms with Crippen molar-refractivity contribution in [3.05, 3.63) is 75.8 Å². The third kappa shape index (κ3) is 3.78. The molecule has 1 aromatic heterocycles. The number of benzene rings is 2. The van der Waals surface area contributed by atoms with Gasteiger partial charge in [0.05, 0.1) is 22.3 Å². The van der Waals surface area contributed by atoms with E-state index in [1.807, 2.05) is 6.92 Å². The number of hydrogen-bond donors (Lipinski definition) is 2. The number of carbonyl (C=O) groups is 1. The van der Waals surface area contributed by atoms with Crippen LogP contribution in [0.15, 0.2) is 41.8 Å². The van der Waals surface area contributed by atoms with Gasteiger partial charge in [-0.05, 0) is 37.5 Å². The molecule has 1 aliphatic rings. The number of fused-ring (bicyclic) bond motifs is 1. The average molecular weight is 457 g/mol. The lowest BCUT2D eigenvalue weighted by Crippen LogP contribution is -2.30. The Bertz CT molecular complexity index is 1350. The van der Waals surface area contributed by atoms with Crippen LogP contribution in [0.3, 0.4) is 0 Å². The predicted molar refractivity (Wildman–Crippen MR) is 120 cm³/mol. The van der Waals surface area contributed by atoms with E-state index < -0.39 is 34.4 Å². The molecule has 3 aromatic rings. The lowest BCUT2D eigenvalue weighted by atomic mass is 10.0. The van der Waals surface area contributed by atoms with E-state index in [-0.39, 0.29) is 39.8 Å². The summed E-state index contributed by atoms with van der Waals surface area (Å²) >= 11 is 0. The second-order valence-corrected chi connectivity index (χ2v) is 8.22. The van der Waals surface area contributed by atoms with E-state index in [9.17, 15) is 23.5 Å². The summed E-state index contributed by atoms with van der Waals surface area (Å²) < 4.78 is 44.8. The van der Waals surface area contributed by atoms with Crippen molar-refractivity contribution < 1.29 is 23.1 Å². The maximum Gasteiger partial charge on any atom is 0.341 e. The van der Waals surface area contributed by atoms with Gasteiger partial charge in [0, 0.05) is 37.0 Å². The Morgan fingerprint density at radius 1 is 1.27 bits per heavy atom. The normalized spacial score (nSPS) is 16.9. The molecule has 2 heterocycles. The first-order valence-corrected chi connectivity index (χ1v) is 10.4. The fraction of sp³-hybridized carbons (Fsp3) is 0.250. The van der Waals surface area contributed by atoms with Crippen molar-refractivity contribution in [1.82, 2.24) is 4.57 Å². The Balaban J connectivity index is 2.10. The summed E-state index contributed by atoms with van der Waals surface area (Å²) in [6.45, 7) is 6.63. The van der Waals surface area contributed by atoms with Gasteiger partial charge in [-0.2, -0.15) is 0 Å². The second-order valence-electron chi connectivity index (χ2n) is 8.22. The van der Waals surface area contributed by atoms with Crippen LogP contribution in [0.25, 0.3) is 22.7 Å². The van der Waals surface area contributed by atoms with Crippen LogP contribution in [0.4, 0.5) is 18.9 Å². The predicted octanol–water partition coefficient (Wildman–Crippen LogP) is 3.92. The zero-order chi connectivity index (χ0) is 24.0. The minimum Gasteiger partial charge on any atom is -0.477 e. The minimum absolute atomic E-state index is 0.0751. The van der Waals surface area contributed by atoms with Gasteiger partial charge in [-0.15, -0.1) is 0 Å². The number of hydrogen-bond acceptors (Lipinski definition) is 4. The summed E-state index contributed by atoms with van der Waals surface area (Å²) in [7, 11) is 0. The van der Waals surface area contributed by atoms with E-state index in [2.05, 4.69) is 6.58 Å². The van der Waals surface area contributed by atoms with Crippen LogP contribution in [-0.4, -0.2) is 34.8 Å². The van der Waals surface area contributed by atoms with Crippen LogP contribution in [0.5, 0.6) is 0 Å². The molecule has 1 saturated heterocycles. The van der Waals surface area contributed by atoms with E-state index in [1.54, 1.807) is 4.90 Å². The number of carboxylic acids is 1. The van der Waals surface area contributed by atoms with Crippen molar-refractivity contribution in [3.63, 3.8) is 0 Å². The molecular formula is C24H22F3N3O3. The summed E-state index contributed by atoms with van der Waals surface area (Å²) in [6.07, 6.45) is 3.05. The molecular weight excluding hydrogens is 435 g/mol. The number of pyridine rings is 1. The SMILES string of the molecule is C=Cc1c(N2CCC(C(C)N)C2)c(F)cc2c(=O)c(C(=O)O)cn(-c3ccc(F)cc3F)c12. The third-order valence-electron chi connectivity index (χ3n) is 6.14. The van der Waals surface area contributed by atoms with Gasteiger partial charge >= 0.3 is 5.97 Å². The van der Waals surface area contributed by atoms with Crippen molar-refractivity contribution in [1.29, 1.82) is 0 Å². The van der Waals surface area contributed by atoms with Gasteiger partial charge in [-0.25, -0.2) is 18.0 Å². The number of aromatic nitrogens is 1. The van der Waals surface area contributed by atoms with Crippen LogP contribution in [-0.2, 0) is 0 Å². The summed E-state index contributed by atoms with van der Waals surface area (Å²) in [4.78, 5) is 26.4. The van der Waals surface area contributed by atoms with Crippen molar-refractivity contribution in [2.75, 3.05) is 18.0 Å². The molecule has 2 unspecified atom stereocenters. The number of anilines is 1. The molecule has 6 nitrogen and oxygen atoms in total. The smallest absolute Gasteiger partial charge is 0.341 e. The van der Waals surface area contributed by atoms with Crippen LogP contribution >= 0.6 is 0 Å².